The Morgan fingerprint density at radius 1 is 1.61 bits per heavy atom. The van der Waals surface area contributed by atoms with E-state index in [0.29, 0.717) is 0 Å². The number of nitrogens with zero attached hydrogens (tertiary/aromatic N) is 1. The maximum absolute atomic E-state index is 11.5. The molecule has 1 aromatic rings. The van der Waals surface area contributed by atoms with Crippen molar-refractivity contribution in [1.82, 2.24) is 15.6 Å². The van der Waals surface area contributed by atoms with Crippen LogP contribution in [0.2, 0.25) is 0 Å². The molecule has 4 N–H and O–H groups in total. The number of carboxylic acids is 1. The Balaban J connectivity index is 2.41. The molecule has 0 spiro atoms. The Kier molecular flexibility index (Phi) is 4.62. The van der Waals surface area contributed by atoms with Crippen molar-refractivity contribution < 1.29 is 19.8 Å². The van der Waals surface area contributed by atoms with E-state index in [4.69, 9.17) is 5.11 Å². The van der Waals surface area contributed by atoms with Gasteiger partial charge in [0.05, 0.1) is 12.6 Å². The lowest BCUT2D eigenvalue weighted by molar-refractivity contribution is -0.155. The fraction of sp³-hybridized carbons (Fsp3) is 0.500. The zero-order chi connectivity index (χ0) is 13.8. The summed E-state index contributed by atoms with van der Waals surface area (Å²) in [5.74, 6) is -1.39. The minimum atomic E-state index is -1.98. The number of urea groups is 1. The molecule has 0 aliphatic carbocycles. The van der Waals surface area contributed by atoms with Crippen molar-refractivity contribution in [3.63, 3.8) is 0 Å². The molecule has 1 aromatic heterocycles. The molecule has 1 rings (SSSR count). The van der Waals surface area contributed by atoms with E-state index < -0.39 is 17.6 Å². The molecule has 8 heteroatoms. The second-order valence-electron chi connectivity index (χ2n) is 4.00. The Morgan fingerprint density at radius 2 is 2.28 bits per heavy atom. The van der Waals surface area contributed by atoms with Gasteiger partial charge in [0.15, 0.2) is 5.60 Å². The third-order valence-electron chi connectivity index (χ3n) is 2.22. The molecule has 0 fully saturated rings. The van der Waals surface area contributed by atoms with Crippen LogP contribution < -0.4 is 10.6 Å². The van der Waals surface area contributed by atoms with Crippen LogP contribution in [0.4, 0.5) is 4.79 Å². The number of carboxylic acid groups (broad SMARTS) is 1. The van der Waals surface area contributed by atoms with E-state index in [-0.39, 0.29) is 12.6 Å². The van der Waals surface area contributed by atoms with Crippen molar-refractivity contribution in [3.8, 4) is 0 Å². The van der Waals surface area contributed by atoms with Gasteiger partial charge in [0.1, 0.15) is 5.01 Å². The molecule has 0 radical (unpaired) electrons. The van der Waals surface area contributed by atoms with Crippen molar-refractivity contribution >= 4 is 23.3 Å². The maximum atomic E-state index is 11.5. The molecule has 18 heavy (non-hydrogen) atoms. The molecule has 0 bridgehead atoms. The van der Waals surface area contributed by atoms with Gasteiger partial charge in [-0.25, -0.2) is 14.6 Å². The van der Waals surface area contributed by atoms with Gasteiger partial charge in [0.2, 0.25) is 0 Å². The predicted octanol–water partition coefficient (Wildman–Crippen LogP) is 0.339. The lowest BCUT2D eigenvalue weighted by Gasteiger charge is -2.19. The second kappa shape index (κ2) is 5.78. The number of rotatable bonds is 5. The fourth-order valence-electron chi connectivity index (χ4n) is 1.09. The maximum Gasteiger partial charge on any atom is 0.337 e. The average molecular weight is 273 g/mol. The van der Waals surface area contributed by atoms with Crippen LogP contribution in [-0.4, -0.2) is 39.3 Å². The molecule has 0 saturated heterocycles. The van der Waals surface area contributed by atoms with Crippen LogP contribution in [0.5, 0.6) is 0 Å². The topological polar surface area (TPSA) is 112 Å². The molecule has 2 amide bonds. The molecular formula is C10H15N3O4S. The minimum absolute atomic E-state index is 0.278. The first-order valence-electron chi connectivity index (χ1n) is 5.22. The van der Waals surface area contributed by atoms with E-state index in [2.05, 4.69) is 15.6 Å². The predicted molar refractivity (Wildman–Crippen MR) is 65.3 cm³/mol. The molecule has 7 nitrogen and oxygen atoms in total. The van der Waals surface area contributed by atoms with Crippen molar-refractivity contribution in [1.29, 1.82) is 0 Å². The first-order chi connectivity index (χ1) is 8.33. The Labute approximate surface area is 108 Å². The zero-order valence-corrected chi connectivity index (χ0v) is 10.8. The van der Waals surface area contributed by atoms with Gasteiger partial charge in [-0.05, 0) is 13.8 Å². The average Bonchev–Trinajstić information content (AvgIpc) is 2.79. The number of aliphatic hydroxyl groups is 1. The number of amides is 2. The summed E-state index contributed by atoms with van der Waals surface area (Å²) in [5.41, 5.74) is -1.98. The molecular weight excluding hydrogens is 258 g/mol. The Morgan fingerprint density at radius 3 is 2.78 bits per heavy atom. The summed E-state index contributed by atoms with van der Waals surface area (Å²) in [5, 5.41) is 25.5. The highest BCUT2D eigenvalue weighted by Crippen LogP contribution is 2.14. The smallest absolute Gasteiger partial charge is 0.337 e. The number of aromatic nitrogens is 1. The van der Waals surface area contributed by atoms with Gasteiger partial charge in [0, 0.05) is 11.6 Å². The standard InChI is InChI=1S/C10H15N3O4S/c1-6(7-11-3-4-18-7)13-9(16)12-5-10(2,17)8(14)15/h3-4,6,17H,5H2,1-2H3,(H,14,15)(H2,12,13,16). The van der Waals surface area contributed by atoms with Crippen LogP contribution in [-0.2, 0) is 4.79 Å². The second-order valence-corrected chi connectivity index (χ2v) is 4.92. The molecule has 0 aromatic carbocycles. The Bertz CT molecular complexity index is 419. The van der Waals surface area contributed by atoms with Gasteiger partial charge in [-0.3, -0.25) is 0 Å². The molecule has 0 aliphatic heterocycles. The van der Waals surface area contributed by atoms with Crippen LogP contribution in [0.15, 0.2) is 11.6 Å². The lowest BCUT2D eigenvalue weighted by atomic mass is 10.1. The summed E-state index contributed by atoms with van der Waals surface area (Å²) in [6, 6.07) is -0.834. The molecule has 2 unspecified atom stereocenters. The molecule has 0 aliphatic rings. The molecule has 1 heterocycles. The highest BCUT2D eigenvalue weighted by molar-refractivity contribution is 7.09. The SMILES string of the molecule is CC(NC(=O)NCC(C)(O)C(=O)O)c1nccs1. The summed E-state index contributed by atoms with van der Waals surface area (Å²) < 4.78 is 0. The highest BCUT2D eigenvalue weighted by Gasteiger charge is 2.30. The zero-order valence-electron chi connectivity index (χ0n) is 10.0. The highest BCUT2D eigenvalue weighted by atomic mass is 32.1. The third kappa shape index (κ3) is 3.97. The van der Waals surface area contributed by atoms with Crippen LogP contribution in [0.1, 0.15) is 24.9 Å². The van der Waals surface area contributed by atoms with Crippen molar-refractivity contribution in [2.24, 2.45) is 0 Å². The number of hydrogen-bond acceptors (Lipinski definition) is 5. The monoisotopic (exact) mass is 273 g/mol. The molecule has 100 valence electrons. The van der Waals surface area contributed by atoms with E-state index >= 15 is 0 Å². The van der Waals surface area contributed by atoms with E-state index in [1.807, 2.05) is 0 Å². The third-order valence-corrected chi connectivity index (χ3v) is 3.18. The molecule has 0 saturated carbocycles. The summed E-state index contributed by atoms with van der Waals surface area (Å²) in [6.45, 7) is 2.49. The van der Waals surface area contributed by atoms with Gasteiger partial charge in [0.25, 0.3) is 0 Å². The van der Waals surface area contributed by atoms with Crippen molar-refractivity contribution in [3.05, 3.63) is 16.6 Å². The van der Waals surface area contributed by atoms with Crippen LogP contribution in [0, 0.1) is 0 Å². The largest absolute Gasteiger partial charge is 0.479 e. The summed E-state index contributed by atoms with van der Waals surface area (Å²) in [4.78, 5) is 26.1. The number of carbonyl (C=O) groups is 2. The summed E-state index contributed by atoms with van der Waals surface area (Å²) >= 11 is 1.40. The van der Waals surface area contributed by atoms with Crippen LogP contribution in [0.25, 0.3) is 0 Å². The van der Waals surface area contributed by atoms with Crippen molar-refractivity contribution in [2.45, 2.75) is 25.5 Å². The fourth-order valence-corrected chi connectivity index (χ4v) is 1.73. The van der Waals surface area contributed by atoms with Crippen LogP contribution in [0.3, 0.4) is 0 Å². The van der Waals surface area contributed by atoms with Crippen LogP contribution >= 0.6 is 11.3 Å². The normalized spacial score (nSPS) is 15.5. The van der Waals surface area contributed by atoms with E-state index in [9.17, 15) is 14.7 Å². The summed E-state index contributed by atoms with van der Waals surface area (Å²) in [6.07, 6.45) is 1.63. The quantitative estimate of drug-likeness (QED) is 0.618. The van der Waals surface area contributed by atoms with Gasteiger partial charge in [-0.15, -0.1) is 11.3 Å². The number of carbonyl (C=O) groups excluding carboxylic acids is 1. The first kappa shape index (κ1) is 14.4. The van der Waals surface area contributed by atoms with Gasteiger partial charge in [-0.2, -0.15) is 0 Å². The number of nitrogens with one attached hydrogen (secondary N) is 2. The number of thiazole rings is 1. The summed E-state index contributed by atoms with van der Waals surface area (Å²) in [7, 11) is 0. The van der Waals surface area contributed by atoms with E-state index in [1.54, 1.807) is 18.5 Å². The lowest BCUT2D eigenvalue weighted by Crippen LogP contribution is -2.49. The molecule has 2 atom stereocenters. The Hall–Kier alpha value is -1.67. The van der Waals surface area contributed by atoms with Gasteiger partial charge >= 0.3 is 12.0 Å². The van der Waals surface area contributed by atoms with E-state index in [0.717, 1.165) is 11.9 Å². The van der Waals surface area contributed by atoms with E-state index in [1.165, 1.54) is 11.3 Å². The number of aliphatic carboxylic acids is 1. The minimum Gasteiger partial charge on any atom is -0.479 e. The first-order valence-corrected chi connectivity index (χ1v) is 6.10. The van der Waals surface area contributed by atoms with Crippen molar-refractivity contribution in [2.75, 3.05) is 6.54 Å². The number of hydrogen-bond donors (Lipinski definition) is 4. The van der Waals surface area contributed by atoms with Gasteiger partial charge in [-0.1, -0.05) is 0 Å². The van der Waals surface area contributed by atoms with Gasteiger partial charge < -0.3 is 20.8 Å².